The van der Waals surface area contributed by atoms with Gasteiger partial charge in [-0.3, -0.25) is 0 Å². The number of ether oxygens (including phenoxy) is 1. The SMILES string of the molecule is Cc1[nH]c2ccccc2c1C[C@@](C)(NC(=O)OC1CCCCC1)C(=O)O. The van der Waals surface area contributed by atoms with Crippen molar-refractivity contribution in [1.82, 2.24) is 10.3 Å². The molecule has 1 heterocycles. The number of fused-ring (bicyclic) bond motifs is 1. The predicted molar refractivity (Wildman–Crippen MR) is 99.3 cm³/mol. The second-order valence-corrected chi connectivity index (χ2v) is 7.38. The zero-order valence-corrected chi connectivity index (χ0v) is 15.3. The van der Waals surface area contributed by atoms with Crippen molar-refractivity contribution in [3.63, 3.8) is 0 Å². The van der Waals surface area contributed by atoms with Crippen molar-refractivity contribution in [3.8, 4) is 0 Å². The van der Waals surface area contributed by atoms with Crippen LogP contribution >= 0.6 is 0 Å². The molecule has 1 aliphatic carbocycles. The molecule has 1 fully saturated rings. The van der Waals surface area contributed by atoms with Gasteiger partial charge in [0.15, 0.2) is 0 Å². The molecule has 1 atom stereocenters. The maximum absolute atomic E-state index is 12.3. The van der Waals surface area contributed by atoms with Crippen LogP contribution in [-0.4, -0.2) is 33.8 Å². The number of amides is 1. The van der Waals surface area contributed by atoms with Crippen molar-refractivity contribution in [1.29, 1.82) is 0 Å². The van der Waals surface area contributed by atoms with Gasteiger partial charge in [-0.05, 0) is 51.2 Å². The van der Waals surface area contributed by atoms with Crippen LogP contribution in [0.4, 0.5) is 4.79 Å². The average molecular weight is 358 g/mol. The summed E-state index contributed by atoms with van der Waals surface area (Å²) in [5.41, 5.74) is 1.31. The van der Waals surface area contributed by atoms with Crippen molar-refractivity contribution in [2.45, 2.75) is 64.0 Å². The van der Waals surface area contributed by atoms with Crippen LogP contribution in [0.25, 0.3) is 10.9 Å². The van der Waals surface area contributed by atoms with Gasteiger partial charge in [0.25, 0.3) is 0 Å². The minimum absolute atomic E-state index is 0.114. The number of aryl methyl sites for hydroxylation is 1. The maximum Gasteiger partial charge on any atom is 0.408 e. The van der Waals surface area contributed by atoms with Crippen LogP contribution in [0.5, 0.6) is 0 Å². The van der Waals surface area contributed by atoms with E-state index in [2.05, 4.69) is 10.3 Å². The Bertz CT molecular complexity index is 807. The minimum Gasteiger partial charge on any atom is -0.480 e. The first-order valence-corrected chi connectivity index (χ1v) is 9.17. The fourth-order valence-corrected chi connectivity index (χ4v) is 3.68. The standard InChI is InChI=1S/C20H26N2O4/c1-13-16(15-10-6-7-11-17(15)21-13)12-20(2,18(23)24)22-19(25)26-14-8-4-3-5-9-14/h6-7,10-11,14,21H,3-5,8-9,12H2,1-2H3,(H,22,25)(H,23,24)/t20-/m1/s1. The van der Waals surface area contributed by atoms with Crippen molar-refractivity contribution in [3.05, 3.63) is 35.5 Å². The van der Waals surface area contributed by atoms with E-state index in [1.54, 1.807) is 0 Å². The van der Waals surface area contributed by atoms with Gasteiger partial charge in [-0.15, -0.1) is 0 Å². The summed E-state index contributed by atoms with van der Waals surface area (Å²) in [6, 6.07) is 7.76. The molecule has 26 heavy (non-hydrogen) atoms. The number of aromatic nitrogens is 1. The number of benzene rings is 1. The molecule has 3 rings (SSSR count). The second kappa shape index (κ2) is 7.40. The first-order chi connectivity index (χ1) is 12.4. The van der Waals surface area contributed by atoms with Gasteiger partial charge in [0, 0.05) is 23.0 Å². The molecule has 140 valence electrons. The van der Waals surface area contributed by atoms with Crippen molar-refractivity contribution in [2.24, 2.45) is 0 Å². The zero-order valence-electron chi connectivity index (χ0n) is 15.3. The molecule has 2 aromatic rings. The monoisotopic (exact) mass is 358 g/mol. The van der Waals surface area contributed by atoms with E-state index in [0.29, 0.717) is 0 Å². The van der Waals surface area contributed by atoms with E-state index in [0.717, 1.165) is 54.3 Å². The first kappa shape index (κ1) is 18.3. The molecule has 0 radical (unpaired) electrons. The number of rotatable bonds is 5. The van der Waals surface area contributed by atoms with E-state index in [1.165, 1.54) is 6.92 Å². The number of carboxylic acid groups (broad SMARTS) is 1. The quantitative estimate of drug-likeness (QED) is 0.755. The highest BCUT2D eigenvalue weighted by Crippen LogP contribution is 2.27. The summed E-state index contributed by atoms with van der Waals surface area (Å²) in [5.74, 6) is -1.08. The molecule has 0 spiro atoms. The molecule has 0 unspecified atom stereocenters. The fraction of sp³-hybridized carbons (Fsp3) is 0.500. The van der Waals surface area contributed by atoms with Crippen LogP contribution < -0.4 is 5.32 Å². The van der Waals surface area contributed by atoms with Gasteiger partial charge in [-0.1, -0.05) is 24.6 Å². The van der Waals surface area contributed by atoms with Gasteiger partial charge >= 0.3 is 12.1 Å². The Morgan fingerprint density at radius 3 is 2.65 bits per heavy atom. The summed E-state index contributed by atoms with van der Waals surface area (Å²) in [6.45, 7) is 3.44. The molecule has 6 heteroatoms. The Morgan fingerprint density at radius 1 is 1.27 bits per heavy atom. The zero-order chi connectivity index (χ0) is 18.7. The van der Waals surface area contributed by atoms with Gasteiger partial charge in [0.2, 0.25) is 0 Å². The van der Waals surface area contributed by atoms with Crippen LogP contribution in [-0.2, 0) is 16.0 Å². The highest BCUT2D eigenvalue weighted by molar-refractivity contribution is 5.88. The average Bonchev–Trinajstić information content (AvgIpc) is 2.91. The number of H-pyrrole nitrogens is 1. The largest absolute Gasteiger partial charge is 0.480 e. The Balaban J connectivity index is 1.77. The highest BCUT2D eigenvalue weighted by atomic mass is 16.6. The minimum atomic E-state index is -1.44. The number of aliphatic carboxylic acids is 1. The maximum atomic E-state index is 12.3. The molecule has 1 aromatic heterocycles. The Morgan fingerprint density at radius 2 is 1.96 bits per heavy atom. The molecule has 0 aliphatic heterocycles. The van der Waals surface area contributed by atoms with Crippen LogP contribution in [0.1, 0.15) is 50.3 Å². The number of aromatic amines is 1. The molecule has 1 amide bonds. The summed E-state index contributed by atoms with van der Waals surface area (Å²) in [7, 11) is 0. The topological polar surface area (TPSA) is 91.4 Å². The number of hydrogen-bond acceptors (Lipinski definition) is 3. The normalized spacial score (nSPS) is 17.6. The van der Waals surface area contributed by atoms with Crippen LogP contribution in [0, 0.1) is 6.92 Å². The lowest BCUT2D eigenvalue weighted by Gasteiger charge is -2.28. The van der Waals surface area contributed by atoms with E-state index >= 15 is 0 Å². The molecular weight excluding hydrogens is 332 g/mol. The Hall–Kier alpha value is -2.50. The van der Waals surface area contributed by atoms with E-state index in [1.807, 2.05) is 31.2 Å². The number of para-hydroxylation sites is 1. The van der Waals surface area contributed by atoms with Crippen molar-refractivity contribution in [2.75, 3.05) is 0 Å². The third kappa shape index (κ3) is 3.84. The summed E-state index contributed by atoms with van der Waals surface area (Å²) in [6.07, 6.45) is 4.35. The molecule has 1 saturated carbocycles. The number of carboxylic acids is 1. The van der Waals surface area contributed by atoms with E-state index in [4.69, 9.17) is 4.74 Å². The summed E-state index contributed by atoms with van der Waals surface area (Å²) in [4.78, 5) is 27.5. The number of carbonyl (C=O) groups excluding carboxylic acids is 1. The van der Waals surface area contributed by atoms with Gasteiger partial charge in [-0.2, -0.15) is 0 Å². The van der Waals surface area contributed by atoms with Crippen LogP contribution in [0.3, 0.4) is 0 Å². The molecule has 0 bridgehead atoms. The third-order valence-corrected chi connectivity index (χ3v) is 5.23. The lowest BCUT2D eigenvalue weighted by molar-refractivity contribution is -0.144. The molecule has 1 aliphatic rings. The van der Waals surface area contributed by atoms with E-state index in [9.17, 15) is 14.7 Å². The van der Waals surface area contributed by atoms with Gasteiger partial charge in [-0.25, -0.2) is 9.59 Å². The van der Waals surface area contributed by atoms with E-state index in [-0.39, 0.29) is 12.5 Å². The smallest absolute Gasteiger partial charge is 0.408 e. The number of nitrogens with one attached hydrogen (secondary N) is 2. The second-order valence-electron chi connectivity index (χ2n) is 7.38. The molecule has 1 aromatic carbocycles. The fourth-order valence-electron chi connectivity index (χ4n) is 3.68. The van der Waals surface area contributed by atoms with Gasteiger partial charge in [0.05, 0.1) is 0 Å². The van der Waals surface area contributed by atoms with E-state index < -0.39 is 17.6 Å². The van der Waals surface area contributed by atoms with Crippen molar-refractivity contribution < 1.29 is 19.4 Å². The van der Waals surface area contributed by atoms with Crippen LogP contribution in [0.2, 0.25) is 0 Å². The summed E-state index contributed by atoms with van der Waals surface area (Å²) in [5, 5.41) is 13.3. The third-order valence-electron chi connectivity index (χ3n) is 5.23. The number of carbonyl (C=O) groups is 2. The highest BCUT2D eigenvalue weighted by Gasteiger charge is 2.37. The van der Waals surface area contributed by atoms with Gasteiger partial charge < -0.3 is 20.1 Å². The molecular formula is C20H26N2O4. The Labute approximate surface area is 152 Å². The lowest BCUT2D eigenvalue weighted by atomic mass is 9.91. The van der Waals surface area contributed by atoms with Crippen LogP contribution in [0.15, 0.2) is 24.3 Å². The molecule has 0 saturated heterocycles. The number of alkyl carbamates (subject to hydrolysis) is 1. The molecule has 6 nitrogen and oxygen atoms in total. The Kier molecular flexibility index (Phi) is 5.20. The van der Waals surface area contributed by atoms with Gasteiger partial charge in [0.1, 0.15) is 11.6 Å². The first-order valence-electron chi connectivity index (χ1n) is 9.17. The summed E-state index contributed by atoms with van der Waals surface area (Å²) >= 11 is 0. The summed E-state index contributed by atoms with van der Waals surface area (Å²) < 4.78 is 5.45. The lowest BCUT2D eigenvalue weighted by Crippen LogP contribution is -2.54. The van der Waals surface area contributed by atoms with Crippen molar-refractivity contribution >= 4 is 23.0 Å². The molecule has 3 N–H and O–H groups in total. The number of hydrogen-bond donors (Lipinski definition) is 3. The predicted octanol–water partition coefficient (Wildman–Crippen LogP) is 3.92.